The Hall–Kier alpha value is -3.15. The SMILES string of the molecule is C=C(C)C1Cc2c(ccc3c2OC2(C)COc4cc(OC)c(OC)cc4C2C3=O)O1. The number of carbonyl (C=O) groups excluding carboxylic acids is 1. The maximum atomic E-state index is 13.7. The van der Waals surface area contributed by atoms with Crippen LogP contribution in [-0.4, -0.2) is 38.3 Å². The van der Waals surface area contributed by atoms with Crippen molar-refractivity contribution in [1.82, 2.24) is 0 Å². The van der Waals surface area contributed by atoms with Crippen LogP contribution in [0.3, 0.4) is 0 Å². The van der Waals surface area contributed by atoms with Crippen LogP contribution in [0.15, 0.2) is 36.4 Å². The Labute approximate surface area is 175 Å². The summed E-state index contributed by atoms with van der Waals surface area (Å²) in [7, 11) is 3.14. The molecular formula is C24H24O6. The number of Topliss-reactive ketones (excluding diaryl/α,β-unsaturated/α-hetero) is 1. The molecule has 3 aliphatic heterocycles. The zero-order valence-electron chi connectivity index (χ0n) is 17.5. The number of ketones is 1. The number of carbonyl (C=O) groups is 1. The third kappa shape index (κ3) is 2.52. The van der Waals surface area contributed by atoms with Crippen LogP contribution in [0.1, 0.15) is 41.3 Å². The highest BCUT2D eigenvalue weighted by molar-refractivity contribution is 6.06. The third-order valence-electron chi connectivity index (χ3n) is 6.24. The van der Waals surface area contributed by atoms with Gasteiger partial charge in [0.2, 0.25) is 0 Å². The van der Waals surface area contributed by atoms with Gasteiger partial charge < -0.3 is 23.7 Å². The van der Waals surface area contributed by atoms with Gasteiger partial charge >= 0.3 is 0 Å². The van der Waals surface area contributed by atoms with Crippen molar-refractivity contribution < 1.29 is 28.5 Å². The van der Waals surface area contributed by atoms with Gasteiger partial charge in [-0.1, -0.05) is 6.58 Å². The van der Waals surface area contributed by atoms with E-state index in [1.807, 2.05) is 26.0 Å². The molecule has 0 radical (unpaired) electrons. The molecule has 2 aromatic rings. The molecule has 0 saturated heterocycles. The van der Waals surface area contributed by atoms with E-state index >= 15 is 0 Å². The Morgan fingerprint density at radius 3 is 2.60 bits per heavy atom. The minimum Gasteiger partial charge on any atom is -0.493 e. The fraction of sp³-hybridized carbons (Fsp3) is 0.375. The Morgan fingerprint density at radius 2 is 1.90 bits per heavy atom. The lowest BCUT2D eigenvalue weighted by Crippen LogP contribution is -2.53. The summed E-state index contributed by atoms with van der Waals surface area (Å²) < 4.78 is 29.4. The minimum atomic E-state index is -0.840. The second kappa shape index (κ2) is 6.42. The van der Waals surface area contributed by atoms with Crippen molar-refractivity contribution in [2.45, 2.75) is 37.9 Å². The van der Waals surface area contributed by atoms with Gasteiger partial charge in [-0.2, -0.15) is 0 Å². The maximum absolute atomic E-state index is 13.7. The highest BCUT2D eigenvalue weighted by Crippen LogP contribution is 2.53. The molecule has 30 heavy (non-hydrogen) atoms. The fourth-order valence-corrected chi connectivity index (χ4v) is 4.63. The van der Waals surface area contributed by atoms with E-state index < -0.39 is 11.5 Å². The van der Waals surface area contributed by atoms with E-state index in [-0.39, 0.29) is 18.5 Å². The van der Waals surface area contributed by atoms with Crippen molar-refractivity contribution in [3.05, 3.63) is 53.1 Å². The van der Waals surface area contributed by atoms with Gasteiger partial charge in [0.25, 0.3) is 0 Å². The van der Waals surface area contributed by atoms with Gasteiger partial charge in [0, 0.05) is 23.6 Å². The van der Waals surface area contributed by atoms with E-state index in [2.05, 4.69) is 6.58 Å². The molecule has 0 fully saturated rings. The van der Waals surface area contributed by atoms with Crippen molar-refractivity contribution in [2.75, 3.05) is 20.8 Å². The molecule has 0 saturated carbocycles. The van der Waals surface area contributed by atoms with Crippen LogP contribution in [0.25, 0.3) is 0 Å². The van der Waals surface area contributed by atoms with E-state index in [4.69, 9.17) is 23.7 Å². The normalized spacial score (nSPS) is 25.5. The second-order valence-corrected chi connectivity index (χ2v) is 8.32. The lowest BCUT2D eigenvalue weighted by atomic mass is 9.74. The lowest BCUT2D eigenvalue weighted by Gasteiger charge is -2.45. The van der Waals surface area contributed by atoms with Gasteiger partial charge in [-0.05, 0) is 37.6 Å². The summed E-state index contributed by atoms with van der Waals surface area (Å²) in [6, 6.07) is 7.24. The predicted octanol–water partition coefficient (Wildman–Crippen LogP) is 4.09. The molecule has 0 aromatic heterocycles. The molecule has 3 aliphatic rings. The average Bonchev–Trinajstić information content (AvgIpc) is 3.17. The van der Waals surface area contributed by atoms with Gasteiger partial charge in [-0.25, -0.2) is 0 Å². The molecule has 6 nitrogen and oxygen atoms in total. The lowest BCUT2D eigenvalue weighted by molar-refractivity contribution is -0.00877. The number of benzene rings is 2. The topological polar surface area (TPSA) is 63.2 Å². The molecule has 6 heteroatoms. The Kier molecular flexibility index (Phi) is 4.04. The van der Waals surface area contributed by atoms with Crippen LogP contribution in [0.2, 0.25) is 0 Å². The first-order chi connectivity index (χ1) is 14.4. The van der Waals surface area contributed by atoms with Crippen LogP contribution in [0.4, 0.5) is 0 Å². The zero-order valence-corrected chi connectivity index (χ0v) is 17.5. The van der Waals surface area contributed by atoms with E-state index in [1.54, 1.807) is 26.4 Å². The minimum absolute atomic E-state index is 0.0112. The van der Waals surface area contributed by atoms with Gasteiger partial charge in [-0.15, -0.1) is 0 Å². The number of ether oxygens (including phenoxy) is 5. The molecular weight excluding hydrogens is 384 g/mol. The van der Waals surface area contributed by atoms with E-state index in [0.717, 1.165) is 22.4 Å². The molecule has 0 spiro atoms. The van der Waals surface area contributed by atoms with Crippen LogP contribution in [-0.2, 0) is 6.42 Å². The number of hydrogen-bond acceptors (Lipinski definition) is 6. The van der Waals surface area contributed by atoms with Gasteiger partial charge in [0.05, 0.1) is 25.7 Å². The fourth-order valence-electron chi connectivity index (χ4n) is 4.63. The second-order valence-electron chi connectivity index (χ2n) is 8.32. The summed E-state index contributed by atoms with van der Waals surface area (Å²) in [6.07, 6.45) is 0.542. The largest absolute Gasteiger partial charge is 0.493 e. The molecule has 0 aliphatic carbocycles. The van der Waals surface area contributed by atoms with Crippen LogP contribution >= 0.6 is 0 Å². The Bertz CT molecular complexity index is 1090. The first-order valence-electron chi connectivity index (χ1n) is 9.96. The molecule has 0 amide bonds. The van der Waals surface area contributed by atoms with Crippen molar-refractivity contribution >= 4 is 5.78 Å². The molecule has 3 heterocycles. The van der Waals surface area contributed by atoms with Crippen molar-refractivity contribution in [3.8, 4) is 28.7 Å². The molecule has 0 N–H and O–H groups in total. The monoisotopic (exact) mass is 408 g/mol. The highest BCUT2D eigenvalue weighted by Gasteiger charge is 2.53. The quantitative estimate of drug-likeness (QED) is 0.713. The smallest absolute Gasteiger partial charge is 0.178 e. The number of fused-ring (bicyclic) bond motifs is 6. The maximum Gasteiger partial charge on any atom is 0.178 e. The van der Waals surface area contributed by atoms with Crippen LogP contribution in [0.5, 0.6) is 28.7 Å². The number of methoxy groups -OCH3 is 2. The standard InChI is InChI=1S/C24H24O6/c1-12(2)17-9-15-16(29-17)7-6-13-22(25)21-14-8-19(26-4)20(27-5)10-18(14)28-11-24(21,3)30-23(13)15/h6-8,10,17,21H,1,9,11H2,2-5H3. The van der Waals surface area contributed by atoms with E-state index in [1.165, 1.54) is 0 Å². The summed E-state index contributed by atoms with van der Waals surface area (Å²) in [4.78, 5) is 13.7. The Morgan fingerprint density at radius 1 is 1.17 bits per heavy atom. The molecule has 3 atom stereocenters. The summed E-state index contributed by atoms with van der Waals surface area (Å²) in [5, 5.41) is 0. The molecule has 2 aromatic carbocycles. The predicted molar refractivity (Wildman–Crippen MR) is 111 cm³/mol. The van der Waals surface area contributed by atoms with Crippen molar-refractivity contribution in [3.63, 3.8) is 0 Å². The van der Waals surface area contributed by atoms with Gasteiger partial charge in [0.15, 0.2) is 22.9 Å². The van der Waals surface area contributed by atoms with Crippen molar-refractivity contribution in [2.24, 2.45) is 0 Å². The summed E-state index contributed by atoms with van der Waals surface area (Å²) in [6.45, 7) is 8.12. The summed E-state index contributed by atoms with van der Waals surface area (Å²) in [5.41, 5.74) is 2.35. The molecule has 156 valence electrons. The van der Waals surface area contributed by atoms with Gasteiger partial charge in [-0.3, -0.25) is 4.79 Å². The van der Waals surface area contributed by atoms with E-state index in [9.17, 15) is 4.79 Å². The average molecular weight is 408 g/mol. The molecule has 0 bridgehead atoms. The van der Waals surface area contributed by atoms with Crippen molar-refractivity contribution in [1.29, 1.82) is 0 Å². The number of hydrogen-bond donors (Lipinski definition) is 0. The molecule has 3 unspecified atom stereocenters. The third-order valence-corrected chi connectivity index (χ3v) is 6.24. The van der Waals surface area contributed by atoms with Crippen LogP contribution < -0.4 is 23.7 Å². The first-order valence-corrected chi connectivity index (χ1v) is 9.96. The van der Waals surface area contributed by atoms with E-state index in [0.29, 0.717) is 35.0 Å². The first kappa shape index (κ1) is 18.9. The summed E-state index contributed by atoms with van der Waals surface area (Å²) in [5.74, 6) is 2.58. The summed E-state index contributed by atoms with van der Waals surface area (Å²) >= 11 is 0. The number of rotatable bonds is 3. The zero-order chi connectivity index (χ0) is 21.2. The molecule has 5 rings (SSSR count). The van der Waals surface area contributed by atoms with Crippen LogP contribution in [0, 0.1) is 0 Å². The van der Waals surface area contributed by atoms with Gasteiger partial charge in [0.1, 0.15) is 30.0 Å². The highest BCUT2D eigenvalue weighted by atomic mass is 16.6. The Balaban J connectivity index is 1.63.